The quantitative estimate of drug-likeness (QED) is 0.842. The van der Waals surface area contributed by atoms with Gasteiger partial charge in [0.2, 0.25) is 0 Å². The highest BCUT2D eigenvalue weighted by atomic mass is 35.5. The number of nitrogens with one attached hydrogen (secondary N) is 1. The molecule has 0 aliphatic carbocycles. The van der Waals surface area contributed by atoms with E-state index in [2.05, 4.69) is 5.32 Å². The van der Waals surface area contributed by atoms with Crippen LogP contribution < -0.4 is 5.32 Å². The smallest absolute Gasteiger partial charge is 0.388 e. The Balaban J connectivity index is 1.87. The van der Waals surface area contributed by atoms with E-state index in [0.29, 0.717) is 10.6 Å². The van der Waals surface area contributed by atoms with Crippen LogP contribution in [-0.2, 0) is 6.18 Å². The summed E-state index contributed by atoms with van der Waals surface area (Å²) in [4.78, 5) is 11.9. The molecule has 0 bridgehead atoms. The molecule has 0 aromatic heterocycles. The first-order valence-electron chi connectivity index (χ1n) is 7.16. The number of aliphatic hydroxyl groups excluding tert-OH is 1. The Morgan fingerprint density at radius 2 is 1.83 bits per heavy atom. The standard InChI is InChI=1S/C17H15ClF3NO2/c18-14-3-1-2-12(10-14)15(23)8-9-22-16(24)11-4-6-13(7-5-11)17(19,20)21/h1-7,10,15,23H,8-9H2,(H,22,24)/t15-/m1/s1. The summed E-state index contributed by atoms with van der Waals surface area (Å²) in [6.07, 6.45) is -4.97. The monoisotopic (exact) mass is 357 g/mol. The molecule has 3 nitrogen and oxygen atoms in total. The van der Waals surface area contributed by atoms with Gasteiger partial charge in [-0.1, -0.05) is 23.7 Å². The second-order valence-corrected chi connectivity index (χ2v) is 5.63. The molecular formula is C17H15ClF3NO2. The molecule has 24 heavy (non-hydrogen) atoms. The summed E-state index contributed by atoms with van der Waals surface area (Å²) in [7, 11) is 0. The van der Waals surface area contributed by atoms with Crippen LogP contribution in [0.4, 0.5) is 13.2 Å². The summed E-state index contributed by atoms with van der Waals surface area (Å²) in [5, 5.41) is 13.1. The molecule has 0 saturated carbocycles. The van der Waals surface area contributed by atoms with E-state index in [1.165, 1.54) is 0 Å². The van der Waals surface area contributed by atoms with Crippen molar-refractivity contribution in [1.29, 1.82) is 0 Å². The molecule has 2 aromatic carbocycles. The summed E-state index contributed by atoms with van der Waals surface area (Å²) in [5.41, 5.74) is -0.0537. The van der Waals surface area contributed by atoms with Crippen molar-refractivity contribution in [3.05, 3.63) is 70.2 Å². The second-order valence-electron chi connectivity index (χ2n) is 5.19. The fourth-order valence-corrected chi connectivity index (χ4v) is 2.31. The molecule has 0 heterocycles. The number of alkyl halides is 3. The number of carbonyl (C=O) groups excluding carboxylic acids is 1. The highest BCUT2D eigenvalue weighted by Gasteiger charge is 2.30. The van der Waals surface area contributed by atoms with Crippen LogP contribution >= 0.6 is 11.6 Å². The van der Waals surface area contributed by atoms with Crippen LogP contribution in [0.5, 0.6) is 0 Å². The fourth-order valence-electron chi connectivity index (χ4n) is 2.12. The maximum Gasteiger partial charge on any atom is 0.416 e. The van der Waals surface area contributed by atoms with Gasteiger partial charge >= 0.3 is 6.18 Å². The normalized spacial score (nSPS) is 12.7. The molecule has 1 amide bonds. The predicted octanol–water partition coefficient (Wildman–Crippen LogP) is 4.21. The van der Waals surface area contributed by atoms with Gasteiger partial charge in [0, 0.05) is 17.1 Å². The molecule has 0 saturated heterocycles. The lowest BCUT2D eigenvalue weighted by molar-refractivity contribution is -0.137. The lowest BCUT2D eigenvalue weighted by Crippen LogP contribution is -2.25. The molecule has 2 rings (SSSR count). The molecule has 0 fully saturated rings. The first kappa shape index (κ1) is 18.3. The third-order valence-electron chi connectivity index (χ3n) is 3.41. The van der Waals surface area contributed by atoms with Crippen molar-refractivity contribution < 1.29 is 23.1 Å². The van der Waals surface area contributed by atoms with Crippen molar-refractivity contribution in [3.8, 4) is 0 Å². The summed E-state index contributed by atoms with van der Waals surface area (Å²) in [6, 6.07) is 10.7. The van der Waals surface area contributed by atoms with Crippen molar-refractivity contribution in [3.63, 3.8) is 0 Å². The largest absolute Gasteiger partial charge is 0.416 e. The van der Waals surface area contributed by atoms with Crippen molar-refractivity contribution in [2.24, 2.45) is 0 Å². The van der Waals surface area contributed by atoms with Crippen molar-refractivity contribution in [2.75, 3.05) is 6.54 Å². The SMILES string of the molecule is O=C(NCC[C@@H](O)c1cccc(Cl)c1)c1ccc(C(F)(F)F)cc1. The Labute approximate surface area is 142 Å². The zero-order valence-corrected chi connectivity index (χ0v) is 13.2. The summed E-state index contributed by atoms with van der Waals surface area (Å²) < 4.78 is 37.4. The van der Waals surface area contributed by atoms with Crippen molar-refractivity contribution >= 4 is 17.5 Å². The average Bonchev–Trinajstić information content (AvgIpc) is 2.54. The number of benzene rings is 2. The Morgan fingerprint density at radius 1 is 1.17 bits per heavy atom. The average molecular weight is 358 g/mol. The van der Waals surface area contributed by atoms with Crippen LogP contribution in [0.2, 0.25) is 5.02 Å². The van der Waals surface area contributed by atoms with Gasteiger partial charge in [0.1, 0.15) is 0 Å². The maximum absolute atomic E-state index is 12.5. The first-order valence-corrected chi connectivity index (χ1v) is 7.54. The van der Waals surface area contributed by atoms with Gasteiger partial charge in [-0.3, -0.25) is 4.79 Å². The van der Waals surface area contributed by atoms with E-state index in [9.17, 15) is 23.1 Å². The first-order chi connectivity index (χ1) is 11.3. The van der Waals surface area contributed by atoms with Gasteiger partial charge in [-0.15, -0.1) is 0 Å². The van der Waals surface area contributed by atoms with E-state index < -0.39 is 23.8 Å². The molecule has 2 N–H and O–H groups in total. The maximum atomic E-state index is 12.5. The zero-order chi connectivity index (χ0) is 17.7. The highest BCUT2D eigenvalue weighted by molar-refractivity contribution is 6.30. The number of amides is 1. The molecule has 0 radical (unpaired) electrons. The van der Waals surface area contributed by atoms with Crippen LogP contribution in [-0.4, -0.2) is 17.6 Å². The molecule has 0 aliphatic rings. The van der Waals surface area contributed by atoms with E-state index in [-0.39, 0.29) is 18.5 Å². The number of hydrogen-bond acceptors (Lipinski definition) is 2. The van der Waals surface area contributed by atoms with Crippen LogP contribution in [0.25, 0.3) is 0 Å². The third-order valence-corrected chi connectivity index (χ3v) is 3.65. The highest BCUT2D eigenvalue weighted by Crippen LogP contribution is 2.29. The van der Waals surface area contributed by atoms with Crippen LogP contribution in [0.1, 0.15) is 34.0 Å². The number of halogens is 4. The van der Waals surface area contributed by atoms with E-state index in [0.717, 1.165) is 24.3 Å². The Hall–Kier alpha value is -2.05. The molecular weight excluding hydrogens is 343 g/mol. The molecule has 7 heteroatoms. The number of carbonyl (C=O) groups is 1. The Kier molecular flexibility index (Phi) is 5.85. The lowest BCUT2D eigenvalue weighted by atomic mass is 10.1. The third kappa shape index (κ3) is 4.97. The van der Waals surface area contributed by atoms with Crippen LogP contribution in [0.15, 0.2) is 48.5 Å². The molecule has 0 aliphatic heterocycles. The summed E-state index contributed by atoms with van der Waals surface area (Å²) >= 11 is 5.84. The molecule has 0 spiro atoms. The summed E-state index contributed by atoms with van der Waals surface area (Å²) in [5.74, 6) is -0.498. The minimum atomic E-state index is -4.43. The van der Waals surface area contributed by atoms with E-state index >= 15 is 0 Å². The topological polar surface area (TPSA) is 49.3 Å². The Morgan fingerprint density at radius 3 is 2.42 bits per heavy atom. The molecule has 1 atom stereocenters. The second kappa shape index (κ2) is 7.68. The Bertz CT molecular complexity index is 702. The minimum Gasteiger partial charge on any atom is -0.388 e. The lowest BCUT2D eigenvalue weighted by Gasteiger charge is -2.12. The van der Waals surface area contributed by atoms with Crippen molar-refractivity contribution in [1.82, 2.24) is 5.32 Å². The van der Waals surface area contributed by atoms with Gasteiger partial charge in [-0.2, -0.15) is 13.2 Å². The van der Waals surface area contributed by atoms with E-state index in [1.54, 1.807) is 24.3 Å². The van der Waals surface area contributed by atoms with Gasteiger partial charge in [0.15, 0.2) is 0 Å². The van der Waals surface area contributed by atoms with Gasteiger partial charge in [-0.05, 0) is 48.4 Å². The number of aliphatic hydroxyl groups is 1. The number of hydrogen-bond donors (Lipinski definition) is 2. The van der Waals surface area contributed by atoms with Gasteiger partial charge < -0.3 is 10.4 Å². The van der Waals surface area contributed by atoms with Gasteiger partial charge in [0.25, 0.3) is 5.91 Å². The zero-order valence-electron chi connectivity index (χ0n) is 12.5. The van der Waals surface area contributed by atoms with Gasteiger partial charge in [-0.25, -0.2) is 0 Å². The van der Waals surface area contributed by atoms with E-state index in [1.807, 2.05) is 0 Å². The minimum absolute atomic E-state index is 0.125. The summed E-state index contributed by atoms with van der Waals surface area (Å²) in [6.45, 7) is 0.174. The number of rotatable bonds is 5. The van der Waals surface area contributed by atoms with Crippen LogP contribution in [0, 0.1) is 0 Å². The molecule has 2 aromatic rings. The fraction of sp³-hybridized carbons (Fsp3) is 0.235. The molecule has 0 unspecified atom stereocenters. The van der Waals surface area contributed by atoms with Crippen LogP contribution in [0.3, 0.4) is 0 Å². The van der Waals surface area contributed by atoms with E-state index in [4.69, 9.17) is 11.6 Å². The molecule has 128 valence electrons. The van der Waals surface area contributed by atoms with Gasteiger partial charge in [0.05, 0.1) is 11.7 Å². The predicted molar refractivity (Wildman–Crippen MR) is 84.8 cm³/mol. The van der Waals surface area contributed by atoms with Crippen molar-refractivity contribution in [2.45, 2.75) is 18.7 Å².